The average Bonchev–Trinajstić information content (AvgIpc) is 2.56. The third kappa shape index (κ3) is 5.09. The Balaban J connectivity index is 2.03. The van der Waals surface area contributed by atoms with Crippen molar-refractivity contribution < 1.29 is 14.3 Å². The molecular formula is C17H17ClN2O3. The molecule has 120 valence electrons. The van der Waals surface area contributed by atoms with E-state index in [0.29, 0.717) is 35.0 Å². The molecule has 2 amide bonds. The second kappa shape index (κ2) is 8.31. The van der Waals surface area contributed by atoms with Crippen LogP contribution in [0.15, 0.2) is 48.5 Å². The van der Waals surface area contributed by atoms with E-state index in [1.165, 1.54) is 0 Å². The number of carbonyl (C=O) groups excluding carboxylic acids is 2. The van der Waals surface area contributed by atoms with E-state index in [0.717, 1.165) is 0 Å². The molecule has 2 aromatic carbocycles. The lowest BCUT2D eigenvalue weighted by Gasteiger charge is -2.08. The van der Waals surface area contributed by atoms with Crippen LogP contribution in [0.5, 0.6) is 0 Å². The molecule has 0 spiro atoms. The molecule has 6 heteroatoms. The van der Waals surface area contributed by atoms with Gasteiger partial charge in [-0.05, 0) is 42.5 Å². The first-order valence-electron chi connectivity index (χ1n) is 7.04. The molecule has 0 aliphatic heterocycles. The number of hydrogen-bond acceptors (Lipinski definition) is 3. The van der Waals surface area contributed by atoms with E-state index in [1.54, 1.807) is 55.6 Å². The maximum atomic E-state index is 12.1. The number of ether oxygens (including phenoxy) is 1. The fraction of sp³-hybridized carbons (Fsp3) is 0.176. The van der Waals surface area contributed by atoms with E-state index in [9.17, 15) is 9.59 Å². The van der Waals surface area contributed by atoms with Crippen LogP contribution >= 0.6 is 11.6 Å². The lowest BCUT2D eigenvalue weighted by Crippen LogP contribution is -2.27. The molecule has 0 saturated heterocycles. The summed E-state index contributed by atoms with van der Waals surface area (Å²) < 4.78 is 4.88. The molecule has 23 heavy (non-hydrogen) atoms. The van der Waals surface area contributed by atoms with E-state index in [1.807, 2.05) is 0 Å². The Hall–Kier alpha value is -2.37. The van der Waals surface area contributed by atoms with Gasteiger partial charge in [-0.25, -0.2) is 0 Å². The highest BCUT2D eigenvalue weighted by molar-refractivity contribution is 6.30. The van der Waals surface area contributed by atoms with Gasteiger partial charge < -0.3 is 15.4 Å². The lowest BCUT2D eigenvalue weighted by atomic mass is 10.1. The summed E-state index contributed by atoms with van der Waals surface area (Å²) in [7, 11) is 1.57. The minimum Gasteiger partial charge on any atom is -0.383 e. The minimum absolute atomic E-state index is 0.218. The van der Waals surface area contributed by atoms with Gasteiger partial charge in [-0.3, -0.25) is 9.59 Å². The smallest absolute Gasteiger partial charge is 0.255 e. The SMILES string of the molecule is COCCNC(=O)c1cccc(NC(=O)c2ccc(Cl)cc2)c1. The normalized spacial score (nSPS) is 10.2. The summed E-state index contributed by atoms with van der Waals surface area (Å²) in [5, 5.41) is 6.05. The Morgan fingerprint density at radius 3 is 2.48 bits per heavy atom. The average molecular weight is 333 g/mol. The van der Waals surface area contributed by atoms with Crippen LogP contribution in [-0.4, -0.2) is 32.1 Å². The van der Waals surface area contributed by atoms with Crippen molar-refractivity contribution in [3.63, 3.8) is 0 Å². The van der Waals surface area contributed by atoms with Crippen molar-refractivity contribution >= 4 is 29.1 Å². The van der Waals surface area contributed by atoms with Gasteiger partial charge in [0.2, 0.25) is 0 Å². The first-order valence-corrected chi connectivity index (χ1v) is 7.42. The molecule has 2 aromatic rings. The largest absolute Gasteiger partial charge is 0.383 e. The van der Waals surface area contributed by atoms with Gasteiger partial charge in [-0.2, -0.15) is 0 Å². The fourth-order valence-electron chi connectivity index (χ4n) is 1.91. The Bertz CT molecular complexity index is 686. The van der Waals surface area contributed by atoms with Gasteiger partial charge in [0.15, 0.2) is 0 Å². The summed E-state index contributed by atoms with van der Waals surface area (Å²) >= 11 is 5.80. The number of hydrogen-bond donors (Lipinski definition) is 2. The summed E-state index contributed by atoms with van der Waals surface area (Å²) in [6, 6.07) is 13.3. The van der Waals surface area contributed by atoms with Crippen LogP contribution in [0, 0.1) is 0 Å². The summed E-state index contributed by atoms with van der Waals surface area (Å²) in [6.07, 6.45) is 0. The zero-order valence-electron chi connectivity index (χ0n) is 12.6. The Morgan fingerprint density at radius 2 is 1.78 bits per heavy atom. The van der Waals surface area contributed by atoms with Gasteiger partial charge in [-0.1, -0.05) is 17.7 Å². The first-order chi connectivity index (χ1) is 11.1. The highest BCUT2D eigenvalue weighted by Gasteiger charge is 2.09. The number of amides is 2. The summed E-state index contributed by atoms with van der Waals surface area (Å²) in [5.41, 5.74) is 1.50. The van der Waals surface area contributed by atoms with Crippen LogP contribution in [-0.2, 0) is 4.74 Å². The number of carbonyl (C=O) groups is 2. The van der Waals surface area contributed by atoms with Crippen LogP contribution in [0.2, 0.25) is 5.02 Å². The van der Waals surface area contributed by atoms with Crippen molar-refractivity contribution in [3.05, 3.63) is 64.7 Å². The minimum atomic E-state index is -0.265. The molecule has 2 N–H and O–H groups in total. The van der Waals surface area contributed by atoms with Crippen LogP contribution in [0.3, 0.4) is 0 Å². The third-order valence-corrected chi connectivity index (χ3v) is 3.33. The Labute approximate surface area is 139 Å². The van der Waals surface area contributed by atoms with E-state index < -0.39 is 0 Å². The molecule has 0 saturated carbocycles. The van der Waals surface area contributed by atoms with Crippen molar-refractivity contribution in [2.24, 2.45) is 0 Å². The molecule has 0 fully saturated rings. The van der Waals surface area contributed by atoms with Gasteiger partial charge in [0.05, 0.1) is 6.61 Å². The van der Waals surface area contributed by atoms with E-state index in [-0.39, 0.29) is 11.8 Å². The monoisotopic (exact) mass is 332 g/mol. The van der Waals surface area contributed by atoms with E-state index in [4.69, 9.17) is 16.3 Å². The molecule has 0 aliphatic rings. The van der Waals surface area contributed by atoms with E-state index in [2.05, 4.69) is 10.6 Å². The summed E-state index contributed by atoms with van der Waals surface area (Å²) in [4.78, 5) is 24.1. The molecule has 5 nitrogen and oxygen atoms in total. The number of rotatable bonds is 6. The Morgan fingerprint density at radius 1 is 1.04 bits per heavy atom. The molecule has 2 rings (SSSR count). The first kappa shape index (κ1) is 17.0. The summed E-state index contributed by atoms with van der Waals surface area (Å²) in [5.74, 6) is -0.483. The van der Waals surface area contributed by atoms with Crippen molar-refractivity contribution in [1.29, 1.82) is 0 Å². The second-order valence-electron chi connectivity index (χ2n) is 4.79. The van der Waals surface area contributed by atoms with Crippen LogP contribution < -0.4 is 10.6 Å². The van der Waals surface area contributed by atoms with Crippen LogP contribution in [0.25, 0.3) is 0 Å². The standard InChI is InChI=1S/C17H17ClN2O3/c1-23-10-9-19-16(21)13-3-2-4-15(11-13)20-17(22)12-5-7-14(18)8-6-12/h2-8,11H,9-10H2,1H3,(H,19,21)(H,20,22). The highest BCUT2D eigenvalue weighted by Crippen LogP contribution is 2.14. The topological polar surface area (TPSA) is 67.4 Å². The molecule has 0 radical (unpaired) electrons. The molecule has 0 aromatic heterocycles. The zero-order valence-corrected chi connectivity index (χ0v) is 13.4. The van der Waals surface area contributed by atoms with Gasteiger partial charge in [0.1, 0.15) is 0 Å². The van der Waals surface area contributed by atoms with Gasteiger partial charge >= 0.3 is 0 Å². The Kier molecular flexibility index (Phi) is 6.14. The molecule has 0 heterocycles. The number of anilines is 1. The second-order valence-corrected chi connectivity index (χ2v) is 5.23. The summed E-state index contributed by atoms with van der Waals surface area (Å²) in [6.45, 7) is 0.870. The van der Waals surface area contributed by atoms with Crippen LogP contribution in [0.1, 0.15) is 20.7 Å². The fourth-order valence-corrected chi connectivity index (χ4v) is 2.04. The zero-order chi connectivity index (χ0) is 16.7. The molecule has 0 unspecified atom stereocenters. The number of halogens is 1. The lowest BCUT2D eigenvalue weighted by molar-refractivity contribution is 0.0936. The van der Waals surface area contributed by atoms with Crippen molar-refractivity contribution in [2.45, 2.75) is 0 Å². The quantitative estimate of drug-likeness (QED) is 0.799. The number of methoxy groups -OCH3 is 1. The maximum absolute atomic E-state index is 12.1. The predicted molar refractivity (Wildman–Crippen MR) is 90.1 cm³/mol. The predicted octanol–water partition coefficient (Wildman–Crippen LogP) is 2.97. The van der Waals surface area contributed by atoms with E-state index >= 15 is 0 Å². The number of benzene rings is 2. The van der Waals surface area contributed by atoms with Crippen molar-refractivity contribution in [3.8, 4) is 0 Å². The van der Waals surface area contributed by atoms with Crippen molar-refractivity contribution in [2.75, 3.05) is 25.6 Å². The van der Waals surface area contributed by atoms with Crippen molar-refractivity contribution in [1.82, 2.24) is 5.32 Å². The molecule has 0 bridgehead atoms. The number of nitrogens with one attached hydrogen (secondary N) is 2. The molecular weight excluding hydrogens is 316 g/mol. The van der Waals surface area contributed by atoms with Gasteiger partial charge in [0.25, 0.3) is 11.8 Å². The molecule has 0 atom stereocenters. The maximum Gasteiger partial charge on any atom is 0.255 e. The van der Waals surface area contributed by atoms with Gasteiger partial charge in [0, 0.05) is 35.5 Å². The van der Waals surface area contributed by atoms with Crippen LogP contribution in [0.4, 0.5) is 5.69 Å². The molecule has 0 aliphatic carbocycles. The highest BCUT2D eigenvalue weighted by atomic mass is 35.5. The van der Waals surface area contributed by atoms with Gasteiger partial charge in [-0.15, -0.1) is 0 Å². The third-order valence-electron chi connectivity index (χ3n) is 3.08.